The molecule has 0 aliphatic carbocycles. The molecule has 51 heavy (non-hydrogen) atoms. The number of carbonyl (C=O) groups excluding carboxylic acids is 5. The summed E-state index contributed by atoms with van der Waals surface area (Å²) in [6.45, 7) is 7.01. The molecule has 0 fully saturated rings. The van der Waals surface area contributed by atoms with Gasteiger partial charge in [-0.05, 0) is 67.2 Å². The highest BCUT2D eigenvalue weighted by Gasteiger charge is 2.35. The molecule has 11 N–H and O–H groups in total. The zero-order valence-corrected chi connectivity index (χ0v) is 30.0. The van der Waals surface area contributed by atoms with Crippen molar-refractivity contribution in [1.82, 2.24) is 21.3 Å². The summed E-state index contributed by atoms with van der Waals surface area (Å²) in [7, 11) is -4.85. The quantitative estimate of drug-likeness (QED) is 0.0411. The largest absolute Gasteiger partial charge is 0.481 e. The molecule has 0 aliphatic heterocycles. The third-order valence-corrected chi connectivity index (χ3v) is 8.34. The van der Waals surface area contributed by atoms with Crippen LogP contribution < -0.4 is 32.7 Å². The Labute approximate surface area is 296 Å². The molecule has 0 aliphatic rings. The Morgan fingerprint density at radius 2 is 1.35 bits per heavy atom. The standard InChI is InChI=1S/C32H50N6O12S/c1-31(2,18-32(3,4)16-26(41)42)15-25(40)37-23(17-51(48,49)50)29(45)38-22(30(46)47)12-13-24(39)36-21(27(34)43)7-5-6-14-35-28(44)19-8-10-20(33)11-9-19/h8-11,21-23H,5-7,12-18,33H2,1-4H3,(H2,34,43)(H,35,44)(H,36,39)(H,37,40)(H,38,45)(H,41,42)(H,46,47)(H,48,49,50)/t21-,22-,23-/m0/s1. The minimum atomic E-state index is -4.85. The van der Waals surface area contributed by atoms with E-state index < -0.39 is 93.2 Å². The SMILES string of the molecule is CC(C)(CC(=O)O)CC(C)(C)CC(=O)N[C@@H](CS(=O)(=O)O)C(=O)N[C@@H](CCC(=O)N[C@@H](CCCCNC(=O)c1ccc(N)cc1)C(N)=O)C(=O)O. The van der Waals surface area contributed by atoms with Crippen molar-refractivity contribution in [3.05, 3.63) is 29.8 Å². The predicted octanol–water partition coefficient (Wildman–Crippen LogP) is 0.169. The second-order valence-corrected chi connectivity index (χ2v) is 15.5. The molecule has 0 saturated carbocycles. The van der Waals surface area contributed by atoms with E-state index in [9.17, 15) is 51.6 Å². The van der Waals surface area contributed by atoms with Crippen molar-refractivity contribution in [2.45, 2.75) is 97.2 Å². The summed E-state index contributed by atoms with van der Waals surface area (Å²) < 4.78 is 32.7. The number of aliphatic carboxylic acids is 2. The van der Waals surface area contributed by atoms with E-state index in [-0.39, 0.29) is 38.1 Å². The molecule has 0 saturated heterocycles. The van der Waals surface area contributed by atoms with Crippen LogP contribution in [-0.4, -0.2) is 95.1 Å². The van der Waals surface area contributed by atoms with Gasteiger partial charge >= 0.3 is 11.9 Å². The lowest BCUT2D eigenvalue weighted by atomic mass is 9.72. The summed E-state index contributed by atoms with van der Waals surface area (Å²) in [5.41, 5.74) is 10.4. The number of hydrogen-bond donors (Lipinski definition) is 9. The molecule has 0 aromatic heterocycles. The maximum absolute atomic E-state index is 13.0. The van der Waals surface area contributed by atoms with Crippen LogP contribution >= 0.6 is 0 Å². The predicted molar refractivity (Wildman–Crippen MR) is 184 cm³/mol. The fourth-order valence-corrected chi connectivity index (χ4v) is 6.33. The van der Waals surface area contributed by atoms with Crippen LogP contribution in [0.5, 0.6) is 0 Å². The minimum absolute atomic E-state index is 0.114. The fraction of sp³-hybridized carbons (Fsp3) is 0.594. The number of hydrogen-bond acceptors (Lipinski definition) is 10. The van der Waals surface area contributed by atoms with Crippen LogP contribution in [0.4, 0.5) is 5.69 Å². The molecular weight excluding hydrogens is 692 g/mol. The first-order valence-electron chi connectivity index (χ1n) is 16.1. The van der Waals surface area contributed by atoms with Gasteiger partial charge in [0.25, 0.3) is 16.0 Å². The van der Waals surface area contributed by atoms with Crippen LogP contribution in [0.25, 0.3) is 0 Å². The highest BCUT2D eigenvalue weighted by atomic mass is 32.2. The summed E-state index contributed by atoms with van der Waals surface area (Å²) >= 11 is 0. The van der Waals surface area contributed by atoms with Crippen molar-refractivity contribution in [2.24, 2.45) is 16.6 Å². The molecule has 0 unspecified atom stereocenters. The van der Waals surface area contributed by atoms with Crippen molar-refractivity contribution in [3.63, 3.8) is 0 Å². The monoisotopic (exact) mass is 742 g/mol. The van der Waals surface area contributed by atoms with Gasteiger partial charge in [-0.25, -0.2) is 4.79 Å². The van der Waals surface area contributed by atoms with Crippen molar-refractivity contribution in [1.29, 1.82) is 0 Å². The molecule has 1 aromatic rings. The third-order valence-electron chi connectivity index (χ3n) is 7.59. The maximum Gasteiger partial charge on any atom is 0.326 e. The number of primary amides is 1. The summed E-state index contributed by atoms with van der Waals surface area (Å²) in [5.74, 6) is -7.94. The molecule has 1 rings (SSSR count). The van der Waals surface area contributed by atoms with Gasteiger partial charge < -0.3 is 42.9 Å². The van der Waals surface area contributed by atoms with Gasteiger partial charge in [-0.2, -0.15) is 8.42 Å². The van der Waals surface area contributed by atoms with Crippen LogP contribution in [-0.2, 0) is 38.9 Å². The summed E-state index contributed by atoms with van der Waals surface area (Å²) in [4.78, 5) is 85.7. The summed E-state index contributed by atoms with van der Waals surface area (Å²) in [6.07, 6.45) is -0.274. The number of carbonyl (C=O) groups is 7. The number of rotatable bonds is 23. The van der Waals surface area contributed by atoms with Crippen molar-refractivity contribution >= 4 is 57.3 Å². The fourth-order valence-electron chi connectivity index (χ4n) is 5.67. The molecule has 5 amide bonds. The summed E-state index contributed by atoms with van der Waals surface area (Å²) in [6, 6.07) is 1.53. The maximum atomic E-state index is 13.0. The Hall–Kier alpha value is -4.78. The lowest BCUT2D eigenvalue weighted by Crippen LogP contribution is -2.54. The first-order valence-corrected chi connectivity index (χ1v) is 17.7. The van der Waals surface area contributed by atoms with Gasteiger partial charge in [0, 0.05) is 30.6 Å². The van der Waals surface area contributed by atoms with E-state index in [1.807, 2.05) is 0 Å². The number of nitrogens with one attached hydrogen (secondary N) is 4. The molecule has 0 radical (unpaired) electrons. The lowest BCUT2D eigenvalue weighted by molar-refractivity contribution is -0.142. The molecule has 3 atom stereocenters. The molecular formula is C32H50N6O12S. The Kier molecular flexibility index (Phi) is 17.0. The van der Waals surface area contributed by atoms with Gasteiger partial charge in [0.05, 0.1) is 6.42 Å². The van der Waals surface area contributed by atoms with E-state index in [4.69, 9.17) is 16.6 Å². The lowest BCUT2D eigenvalue weighted by Gasteiger charge is -2.34. The molecule has 0 bridgehead atoms. The first-order chi connectivity index (χ1) is 23.4. The number of carboxylic acid groups (broad SMARTS) is 2. The van der Waals surface area contributed by atoms with Crippen molar-refractivity contribution < 1.29 is 56.7 Å². The van der Waals surface area contributed by atoms with Gasteiger partial charge in [-0.15, -0.1) is 0 Å². The number of benzene rings is 1. The van der Waals surface area contributed by atoms with Crippen LogP contribution in [0.15, 0.2) is 24.3 Å². The van der Waals surface area contributed by atoms with Crippen LogP contribution in [0.1, 0.15) is 89.4 Å². The zero-order chi connectivity index (χ0) is 39.2. The van der Waals surface area contributed by atoms with E-state index in [0.29, 0.717) is 24.1 Å². The molecule has 0 heterocycles. The Bertz CT molecular complexity index is 1530. The Morgan fingerprint density at radius 1 is 0.784 bits per heavy atom. The number of carboxylic acids is 2. The minimum Gasteiger partial charge on any atom is -0.481 e. The normalized spacial score (nSPS) is 13.6. The molecule has 1 aromatic carbocycles. The van der Waals surface area contributed by atoms with Gasteiger partial charge in [-0.3, -0.25) is 33.3 Å². The summed E-state index contributed by atoms with van der Waals surface area (Å²) in [5, 5.41) is 28.2. The highest BCUT2D eigenvalue weighted by molar-refractivity contribution is 7.85. The van der Waals surface area contributed by atoms with E-state index in [1.165, 1.54) is 0 Å². The Morgan fingerprint density at radius 3 is 1.88 bits per heavy atom. The van der Waals surface area contributed by atoms with Crippen LogP contribution in [0.2, 0.25) is 0 Å². The van der Waals surface area contributed by atoms with E-state index in [2.05, 4.69) is 21.3 Å². The smallest absolute Gasteiger partial charge is 0.326 e. The first kappa shape index (κ1) is 44.2. The van der Waals surface area contributed by atoms with E-state index >= 15 is 0 Å². The number of anilines is 1. The third kappa shape index (κ3) is 18.7. The number of nitrogen functional groups attached to an aromatic ring is 1. The zero-order valence-electron chi connectivity index (χ0n) is 29.2. The topological polar surface area (TPSA) is 314 Å². The highest BCUT2D eigenvalue weighted by Crippen LogP contribution is 2.38. The van der Waals surface area contributed by atoms with Crippen molar-refractivity contribution in [3.8, 4) is 0 Å². The molecule has 19 heteroatoms. The Balaban J connectivity index is 2.76. The second-order valence-electron chi connectivity index (χ2n) is 14.0. The van der Waals surface area contributed by atoms with Gasteiger partial charge in [0.2, 0.25) is 23.6 Å². The number of nitrogens with two attached hydrogens (primary N) is 2. The average molecular weight is 743 g/mol. The number of amides is 5. The second kappa shape index (κ2) is 19.6. The molecule has 18 nitrogen and oxygen atoms in total. The van der Waals surface area contributed by atoms with Gasteiger partial charge in [-0.1, -0.05) is 27.7 Å². The van der Waals surface area contributed by atoms with E-state index in [1.54, 1.807) is 52.0 Å². The van der Waals surface area contributed by atoms with Gasteiger partial charge in [0.15, 0.2) is 0 Å². The molecule has 0 spiro atoms. The van der Waals surface area contributed by atoms with Crippen molar-refractivity contribution in [2.75, 3.05) is 18.0 Å². The molecule has 286 valence electrons. The van der Waals surface area contributed by atoms with Gasteiger partial charge in [0.1, 0.15) is 23.9 Å². The van der Waals surface area contributed by atoms with Crippen LogP contribution in [0, 0.1) is 10.8 Å². The average Bonchev–Trinajstić information content (AvgIpc) is 2.95. The number of unbranched alkanes of at least 4 members (excludes halogenated alkanes) is 1. The van der Waals surface area contributed by atoms with E-state index in [0.717, 1.165) is 0 Å². The van der Waals surface area contributed by atoms with Crippen LogP contribution in [0.3, 0.4) is 0 Å².